The minimum Gasteiger partial charge on any atom is -0.490 e. The van der Waals surface area contributed by atoms with Crippen LogP contribution < -0.4 is 29.9 Å². The molecule has 0 saturated carbocycles. The Bertz CT molecular complexity index is 1840. The maximum atomic E-state index is 6.52. The lowest BCUT2D eigenvalue weighted by molar-refractivity contribution is -0.0133. The van der Waals surface area contributed by atoms with Crippen molar-refractivity contribution in [2.24, 2.45) is 5.92 Å². The molecule has 60 heavy (non-hydrogen) atoms. The molecule has 0 spiro atoms. The molecule has 5 heterocycles. The second kappa shape index (κ2) is 23.2. The maximum Gasteiger partial charge on any atom is 0.142 e. The van der Waals surface area contributed by atoms with Crippen LogP contribution in [0.4, 0.5) is 11.4 Å². The molecule has 326 valence electrons. The molecule has 0 amide bonds. The zero-order chi connectivity index (χ0) is 41.4. The molecule has 0 unspecified atom stereocenters. The number of nitrogens with one attached hydrogen (secondary N) is 2. The SMILES string of the molecule is CC[C@H]1CCNC[C@@H]1OCc1ccc2c(c1)N(CCCOC)CCO2.COCCCN1CCOc2ccc(CO[C@H]3CNCC[C@@H]3c3ccc(Cn4ccnc4)cc3)cc21. The molecule has 0 bridgehead atoms. The number of methoxy groups -OCH3 is 2. The van der Waals surface area contributed by atoms with Crippen LogP contribution in [-0.2, 0) is 38.7 Å². The van der Waals surface area contributed by atoms with E-state index in [4.69, 9.17) is 28.4 Å². The van der Waals surface area contributed by atoms with Gasteiger partial charge in [-0.25, -0.2) is 4.98 Å². The molecule has 1 aromatic heterocycles. The van der Waals surface area contributed by atoms with Crippen LogP contribution in [-0.4, -0.2) is 115 Å². The van der Waals surface area contributed by atoms with Gasteiger partial charge >= 0.3 is 0 Å². The van der Waals surface area contributed by atoms with E-state index >= 15 is 0 Å². The van der Waals surface area contributed by atoms with E-state index in [1.54, 1.807) is 14.2 Å². The summed E-state index contributed by atoms with van der Waals surface area (Å²) in [6.07, 6.45) is 11.7. The molecule has 12 nitrogen and oxygen atoms in total. The topological polar surface area (TPSA) is 104 Å². The quantitative estimate of drug-likeness (QED) is 0.106. The Balaban J connectivity index is 0.000000192. The van der Waals surface area contributed by atoms with Crippen molar-refractivity contribution in [1.82, 2.24) is 20.2 Å². The molecule has 2 N–H and O–H groups in total. The fraction of sp³-hybridized carbons (Fsp3) is 0.562. The van der Waals surface area contributed by atoms with Crippen molar-refractivity contribution in [2.45, 2.75) is 76.9 Å². The Kier molecular flexibility index (Phi) is 16.9. The third kappa shape index (κ3) is 12.2. The van der Waals surface area contributed by atoms with Gasteiger partial charge in [-0.3, -0.25) is 0 Å². The molecule has 4 aromatic rings. The van der Waals surface area contributed by atoms with E-state index in [2.05, 4.69) is 97.6 Å². The van der Waals surface area contributed by atoms with Gasteiger partial charge in [0.25, 0.3) is 0 Å². The Labute approximate surface area is 357 Å². The number of piperidine rings is 2. The molecule has 4 atom stereocenters. The van der Waals surface area contributed by atoms with Crippen LogP contribution in [0.25, 0.3) is 0 Å². The highest BCUT2D eigenvalue weighted by molar-refractivity contribution is 5.62. The van der Waals surface area contributed by atoms with E-state index in [0.29, 0.717) is 31.2 Å². The van der Waals surface area contributed by atoms with E-state index in [1.807, 2.05) is 18.7 Å². The first-order chi connectivity index (χ1) is 29.6. The van der Waals surface area contributed by atoms with Crippen LogP contribution in [0.3, 0.4) is 0 Å². The van der Waals surface area contributed by atoms with Crippen LogP contribution in [0.5, 0.6) is 11.5 Å². The standard InChI is InChI=1S/C28H36N4O3.C20H32N2O3/c1-33-15-2-12-32-14-16-34-27-8-5-23(17-26(27)32)20-35-28-18-29-10-9-25(28)24-6-3-22(4-7-24)19-31-13-11-30-21-31;1-3-17-7-8-21-14-20(17)25-15-16-5-6-19-18(13-16)22(10-12-24-19)9-4-11-23-2/h3-8,11,13,17,21,25,28-29H,2,9-10,12,14-16,18-20H2,1H3;5-6,13,17,20-21H,3-4,7-12,14-15H2,1-2H3/t25-,28+;17-,20-/m10/s1. The van der Waals surface area contributed by atoms with Crippen LogP contribution in [0, 0.1) is 5.92 Å². The smallest absolute Gasteiger partial charge is 0.142 e. The van der Waals surface area contributed by atoms with E-state index < -0.39 is 0 Å². The molecular formula is C48H68N6O6. The molecule has 8 rings (SSSR count). The predicted octanol–water partition coefficient (Wildman–Crippen LogP) is 6.66. The number of imidazole rings is 1. The van der Waals surface area contributed by atoms with Gasteiger partial charge in [0, 0.05) is 78.5 Å². The molecular weight excluding hydrogens is 757 g/mol. The zero-order valence-corrected chi connectivity index (χ0v) is 36.2. The normalized spacial score (nSPS) is 21.2. The van der Waals surface area contributed by atoms with Gasteiger partial charge in [0.15, 0.2) is 0 Å². The van der Waals surface area contributed by atoms with Gasteiger partial charge in [0.05, 0.1) is 56.2 Å². The first-order valence-electron chi connectivity index (χ1n) is 22.3. The lowest BCUT2D eigenvalue weighted by atomic mass is 9.87. The molecule has 12 heteroatoms. The minimum atomic E-state index is 0.147. The van der Waals surface area contributed by atoms with Crippen molar-refractivity contribution >= 4 is 11.4 Å². The summed E-state index contributed by atoms with van der Waals surface area (Å²) in [6, 6.07) is 21.9. The van der Waals surface area contributed by atoms with E-state index in [-0.39, 0.29) is 6.10 Å². The van der Waals surface area contributed by atoms with E-state index in [0.717, 1.165) is 116 Å². The van der Waals surface area contributed by atoms with Gasteiger partial charge in [-0.2, -0.15) is 0 Å². The highest BCUT2D eigenvalue weighted by atomic mass is 16.5. The second-order valence-electron chi connectivity index (χ2n) is 16.4. The van der Waals surface area contributed by atoms with Crippen molar-refractivity contribution in [3.8, 4) is 11.5 Å². The Morgan fingerprint density at radius 2 is 1.30 bits per heavy atom. The third-order valence-electron chi connectivity index (χ3n) is 12.3. The number of benzene rings is 3. The molecule has 2 saturated heterocycles. The number of ether oxygens (including phenoxy) is 6. The summed E-state index contributed by atoms with van der Waals surface area (Å²) < 4.78 is 37.0. The zero-order valence-electron chi connectivity index (χ0n) is 36.2. The minimum absolute atomic E-state index is 0.147. The predicted molar refractivity (Wildman–Crippen MR) is 238 cm³/mol. The number of fused-ring (bicyclic) bond motifs is 2. The molecule has 4 aliphatic rings. The number of aromatic nitrogens is 2. The number of hydrogen-bond acceptors (Lipinski definition) is 11. The fourth-order valence-electron chi connectivity index (χ4n) is 8.88. The molecule has 3 aromatic carbocycles. The van der Waals surface area contributed by atoms with Crippen LogP contribution in [0.15, 0.2) is 79.4 Å². The fourth-order valence-corrected chi connectivity index (χ4v) is 8.88. The highest BCUT2D eigenvalue weighted by Crippen LogP contribution is 2.35. The third-order valence-corrected chi connectivity index (χ3v) is 12.3. The number of hydrogen-bond donors (Lipinski definition) is 2. The Morgan fingerprint density at radius 3 is 1.88 bits per heavy atom. The molecule has 0 aliphatic carbocycles. The average Bonchev–Trinajstić information content (AvgIpc) is 3.82. The summed E-state index contributed by atoms with van der Waals surface area (Å²) in [7, 11) is 3.51. The van der Waals surface area contributed by atoms with Crippen LogP contribution >= 0.6 is 0 Å². The van der Waals surface area contributed by atoms with Gasteiger partial charge in [-0.1, -0.05) is 49.7 Å². The lowest BCUT2D eigenvalue weighted by Crippen LogP contribution is -2.41. The summed E-state index contributed by atoms with van der Waals surface area (Å²) in [5.41, 5.74) is 7.41. The van der Waals surface area contributed by atoms with Crippen molar-refractivity contribution < 1.29 is 28.4 Å². The number of nitrogens with zero attached hydrogens (tertiary/aromatic N) is 4. The van der Waals surface area contributed by atoms with Crippen molar-refractivity contribution in [3.05, 3.63) is 102 Å². The molecule has 2 fully saturated rings. The summed E-state index contributed by atoms with van der Waals surface area (Å²) in [4.78, 5) is 8.94. The Morgan fingerprint density at radius 1 is 0.717 bits per heavy atom. The van der Waals surface area contributed by atoms with Crippen LogP contribution in [0.1, 0.15) is 67.2 Å². The highest BCUT2D eigenvalue weighted by Gasteiger charge is 2.28. The molecule has 0 radical (unpaired) electrons. The van der Waals surface area contributed by atoms with Crippen molar-refractivity contribution in [1.29, 1.82) is 0 Å². The maximum absolute atomic E-state index is 6.52. The first-order valence-corrected chi connectivity index (χ1v) is 22.3. The van der Waals surface area contributed by atoms with Gasteiger partial charge in [0.1, 0.15) is 24.7 Å². The van der Waals surface area contributed by atoms with Crippen LogP contribution in [0.2, 0.25) is 0 Å². The summed E-state index contributed by atoms with van der Waals surface area (Å²) in [5, 5.41) is 6.98. The van der Waals surface area contributed by atoms with Gasteiger partial charge in [0.2, 0.25) is 0 Å². The van der Waals surface area contributed by atoms with E-state index in [1.165, 1.54) is 46.5 Å². The summed E-state index contributed by atoms with van der Waals surface area (Å²) in [6.45, 7) is 15.2. The summed E-state index contributed by atoms with van der Waals surface area (Å²) in [5.74, 6) is 3.02. The number of anilines is 2. The molecule has 4 aliphatic heterocycles. The van der Waals surface area contributed by atoms with Gasteiger partial charge in [-0.15, -0.1) is 0 Å². The van der Waals surface area contributed by atoms with Gasteiger partial charge in [-0.05, 0) is 91.2 Å². The first kappa shape index (κ1) is 43.9. The largest absolute Gasteiger partial charge is 0.490 e. The van der Waals surface area contributed by atoms with Crippen molar-refractivity contribution in [3.63, 3.8) is 0 Å². The average molecular weight is 825 g/mol. The monoisotopic (exact) mass is 825 g/mol. The lowest BCUT2D eigenvalue weighted by Gasteiger charge is -2.33. The summed E-state index contributed by atoms with van der Waals surface area (Å²) >= 11 is 0. The second-order valence-corrected chi connectivity index (χ2v) is 16.4. The van der Waals surface area contributed by atoms with Crippen molar-refractivity contribution in [2.75, 3.05) is 103 Å². The van der Waals surface area contributed by atoms with Gasteiger partial charge < -0.3 is 53.4 Å². The number of rotatable bonds is 18. The van der Waals surface area contributed by atoms with E-state index in [9.17, 15) is 0 Å². The Hall–Kier alpha value is -4.17.